The summed E-state index contributed by atoms with van der Waals surface area (Å²) in [5.74, 6) is -1.86. The molecular formula is C15H15F2N3O5. The minimum absolute atomic E-state index is 0.00995. The van der Waals surface area contributed by atoms with Crippen molar-refractivity contribution in [1.29, 1.82) is 0 Å². The number of cyclic esters (lactones) is 1. The van der Waals surface area contributed by atoms with Gasteiger partial charge in [0.1, 0.15) is 6.10 Å². The van der Waals surface area contributed by atoms with Crippen LogP contribution in [0.15, 0.2) is 29.1 Å². The van der Waals surface area contributed by atoms with E-state index in [4.69, 9.17) is 4.74 Å². The molecule has 0 aromatic heterocycles. The quantitative estimate of drug-likeness (QED) is 0.809. The molecule has 1 aliphatic rings. The smallest absolute Gasteiger partial charge is 0.414 e. The molecule has 1 aromatic rings. The van der Waals surface area contributed by atoms with Crippen LogP contribution in [0.5, 0.6) is 0 Å². The predicted octanol–water partition coefficient (Wildman–Crippen LogP) is 0.712. The number of halogens is 2. The van der Waals surface area contributed by atoms with Gasteiger partial charge in [-0.05, 0) is 24.3 Å². The molecule has 0 spiro atoms. The molecule has 0 unspecified atom stereocenters. The van der Waals surface area contributed by atoms with Gasteiger partial charge in [0.15, 0.2) is 0 Å². The first-order valence-corrected chi connectivity index (χ1v) is 7.24. The summed E-state index contributed by atoms with van der Waals surface area (Å²) in [6.07, 6.45) is -4.69. The zero-order valence-corrected chi connectivity index (χ0v) is 13.1. The van der Waals surface area contributed by atoms with Gasteiger partial charge in [-0.25, -0.2) is 4.79 Å². The summed E-state index contributed by atoms with van der Waals surface area (Å²) in [6.45, 7) is 1.01. The summed E-state index contributed by atoms with van der Waals surface area (Å²) in [4.78, 5) is 46.8. The van der Waals surface area contributed by atoms with Crippen molar-refractivity contribution in [2.24, 2.45) is 0 Å². The predicted molar refractivity (Wildman–Crippen MR) is 83.6 cm³/mol. The van der Waals surface area contributed by atoms with E-state index < -0.39 is 35.9 Å². The van der Waals surface area contributed by atoms with Gasteiger partial charge in [-0.15, -0.1) is 0 Å². The van der Waals surface area contributed by atoms with Crippen molar-refractivity contribution in [2.45, 2.75) is 19.5 Å². The fourth-order valence-corrected chi connectivity index (χ4v) is 2.16. The van der Waals surface area contributed by atoms with Gasteiger partial charge >= 0.3 is 12.5 Å². The molecule has 0 aliphatic carbocycles. The molecular weight excluding hydrogens is 340 g/mol. The molecule has 134 valence electrons. The van der Waals surface area contributed by atoms with E-state index in [1.165, 1.54) is 36.1 Å². The van der Waals surface area contributed by atoms with Crippen molar-refractivity contribution in [3.8, 4) is 0 Å². The minimum Gasteiger partial charge on any atom is -0.442 e. The third kappa shape index (κ3) is 4.72. The Labute approximate surface area is 140 Å². The molecule has 1 atom stereocenters. The van der Waals surface area contributed by atoms with Crippen LogP contribution in [-0.2, 0) is 14.3 Å². The average Bonchev–Trinajstić information content (AvgIpc) is 2.81. The number of nitrogens with zero attached hydrogens (tertiary/aromatic N) is 1. The number of alkyl halides is 2. The first-order chi connectivity index (χ1) is 11.8. The van der Waals surface area contributed by atoms with Crippen molar-refractivity contribution in [3.63, 3.8) is 0 Å². The van der Waals surface area contributed by atoms with Crippen LogP contribution in [0.3, 0.4) is 0 Å². The number of amides is 3. The highest BCUT2D eigenvalue weighted by atomic mass is 19.3. The Balaban J connectivity index is 2.10. The number of ether oxygens (including phenoxy) is 1. The van der Waals surface area contributed by atoms with Gasteiger partial charge in [-0.2, -0.15) is 8.78 Å². The number of nitrogens with one attached hydrogen (secondary N) is 2. The van der Waals surface area contributed by atoms with E-state index in [9.17, 15) is 28.0 Å². The molecule has 1 aliphatic heterocycles. The molecule has 0 saturated carbocycles. The largest absolute Gasteiger partial charge is 0.442 e. The molecule has 1 saturated heterocycles. The second-order valence-corrected chi connectivity index (χ2v) is 5.21. The summed E-state index contributed by atoms with van der Waals surface area (Å²) in [6, 6.07) is 5.33. The van der Waals surface area contributed by atoms with Crippen LogP contribution in [-0.4, -0.2) is 43.5 Å². The average molecular weight is 355 g/mol. The molecule has 25 heavy (non-hydrogen) atoms. The van der Waals surface area contributed by atoms with Gasteiger partial charge in [0.05, 0.1) is 18.8 Å². The van der Waals surface area contributed by atoms with Crippen molar-refractivity contribution in [3.05, 3.63) is 34.5 Å². The van der Waals surface area contributed by atoms with Gasteiger partial charge in [-0.3, -0.25) is 19.3 Å². The van der Waals surface area contributed by atoms with Gasteiger partial charge in [0.2, 0.25) is 11.3 Å². The SMILES string of the molecule is CC(=O)Nc1ccc(N2C[C@H](CNC(=O)C(F)F)OC2=O)ccc1=O. The molecule has 2 rings (SSSR count). The molecule has 3 amide bonds. The Morgan fingerprint density at radius 2 is 1.96 bits per heavy atom. The van der Waals surface area contributed by atoms with Crippen LogP contribution in [0.25, 0.3) is 0 Å². The van der Waals surface area contributed by atoms with Gasteiger partial charge in [0.25, 0.3) is 5.91 Å². The zero-order chi connectivity index (χ0) is 18.6. The molecule has 2 N–H and O–H groups in total. The fraction of sp³-hybridized carbons (Fsp3) is 0.333. The monoisotopic (exact) mass is 355 g/mol. The highest BCUT2D eigenvalue weighted by molar-refractivity contribution is 5.91. The Hall–Kier alpha value is -3.04. The molecule has 0 radical (unpaired) electrons. The molecule has 0 bridgehead atoms. The molecule has 1 heterocycles. The molecule has 1 fully saturated rings. The molecule has 8 nitrogen and oxygen atoms in total. The first-order valence-electron chi connectivity index (χ1n) is 7.24. The van der Waals surface area contributed by atoms with Crippen molar-refractivity contribution in [2.75, 3.05) is 23.3 Å². The second-order valence-electron chi connectivity index (χ2n) is 5.21. The zero-order valence-electron chi connectivity index (χ0n) is 13.1. The summed E-state index contributed by atoms with van der Waals surface area (Å²) in [5.41, 5.74) is -0.0804. The lowest BCUT2D eigenvalue weighted by Gasteiger charge is -2.11. The van der Waals surface area contributed by atoms with E-state index in [1.54, 1.807) is 0 Å². The number of hydrogen-bond acceptors (Lipinski definition) is 5. The first kappa shape index (κ1) is 18.3. The van der Waals surface area contributed by atoms with Gasteiger partial charge in [0, 0.05) is 12.6 Å². The lowest BCUT2D eigenvalue weighted by Crippen LogP contribution is -2.37. The molecule has 10 heteroatoms. The van der Waals surface area contributed by atoms with E-state index >= 15 is 0 Å². The summed E-state index contributed by atoms with van der Waals surface area (Å²) < 4.78 is 29.3. The van der Waals surface area contributed by atoms with Crippen LogP contribution in [0, 0.1) is 0 Å². The maximum atomic E-state index is 12.1. The second kappa shape index (κ2) is 7.69. The van der Waals surface area contributed by atoms with E-state index in [0.29, 0.717) is 5.69 Å². The third-order valence-electron chi connectivity index (χ3n) is 3.29. The van der Waals surface area contributed by atoms with Crippen molar-refractivity contribution < 1.29 is 27.9 Å². The third-order valence-corrected chi connectivity index (χ3v) is 3.29. The lowest BCUT2D eigenvalue weighted by molar-refractivity contribution is -0.132. The lowest BCUT2D eigenvalue weighted by atomic mass is 10.3. The number of rotatable bonds is 5. The van der Waals surface area contributed by atoms with Crippen LogP contribution >= 0.6 is 0 Å². The van der Waals surface area contributed by atoms with Crippen molar-refractivity contribution in [1.82, 2.24) is 5.32 Å². The van der Waals surface area contributed by atoms with Crippen LogP contribution in [0.4, 0.5) is 25.0 Å². The summed E-state index contributed by atoms with van der Waals surface area (Å²) in [5, 5.41) is 4.34. The summed E-state index contributed by atoms with van der Waals surface area (Å²) >= 11 is 0. The number of hydrogen-bond donors (Lipinski definition) is 2. The topological polar surface area (TPSA) is 105 Å². The van der Waals surface area contributed by atoms with Gasteiger partial charge < -0.3 is 15.4 Å². The van der Waals surface area contributed by atoms with E-state index in [1.807, 2.05) is 5.32 Å². The maximum absolute atomic E-state index is 12.1. The van der Waals surface area contributed by atoms with Crippen LogP contribution in [0.2, 0.25) is 0 Å². The Bertz CT molecular complexity index is 756. The maximum Gasteiger partial charge on any atom is 0.414 e. The van der Waals surface area contributed by atoms with E-state index in [-0.39, 0.29) is 18.8 Å². The van der Waals surface area contributed by atoms with E-state index in [2.05, 4.69) is 5.32 Å². The van der Waals surface area contributed by atoms with Crippen molar-refractivity contribution >= 4 is 29.3 Å². The Morgan fingerprint density at radius 3 is 2.60 bits per heavy atom. The minimum atomic E-state index is -3.15. The van der Waals surface area contributed by atoms with Crippen LogP contribution < -0.4 is 21.0 Å². The van der Waals surface area contributed by atoms with Crippen LogP contribution in [0.1, 0.15) is 6.92 Å². The normalized spacial score (nSPS) is 16.6. The van der Waals surface area contributed by atoms with E-state index in [0.717, 1.165) is 0 Å². The highest BCUT2D eigenvalue weighted by Gasteiger charge is 2.33. The molecule has 1 aromatic carbocycles. The van der Waals surface area contributed by atoms with Gasteiger partial charge in [-0.1, -0.05) is 0 Å². The summed E-state index contributed by atoms with van der Waals surface area (Å²) in [7, 11) is 0. The Morgan fingerprint density at radius 1 is 1.28 bits per heavy atom. The standard InChI is InChI=1S/C15H15F2N3O5/c1-8(21)19-11-4-2-9(3-5-12(11)22)20-7-10(25-15(20)24)6-18-14(23)13(16)17/h2-5,10,13H,6-7H2,1H3,(H,18,23)(H,19,21,22)/t10-/m0/s1. The Kier molecular flexibility index (Phi) is 5.63. The number of carbonyl (C=O) groups is 3. The highest BCUT2D eigenvalue weighted by Crippen LogP contribution is 2.21. The fourth-order valence-electron chi connectivity index (χ4n) is 2.16. The number of carbonyl (C=O) groups excluding carboxylic acids is 3. The number of anilines is 2.